The molecule has 1 amide bonds. The van der Waals surface area contributed by atoms with Gasteiger partial charge in [0.1, 0.15) is 5.52 Å². The second kappa shape index (κ2) is 7.98. The minimum absolute atomic E-state index is 0.425. The molecule has 1 N–H and O–H groups in total. The molecule has 29 heavy (non-hydrogen) atoms. The first-order valence-corrected chi connectivity index (χ1v) is 9.64. The maximum Gasteiger partial charge on any atom is 0.256 e. The van der Waals surface area contributed by atoms with E-state index in [1.807, 2.05) is 37.4 Å². The lowest BCUT2D eigenvalue weighted by molar-refractivity contribution is -0.136. The molecule has 0 bridgehead atoms. The van der Waals surface area contributed by atoms with Gasteiger partial charge in [0.25, 0.3) is 5.91 Å². The Morgan fingerprint density at radius 2 is 1.79 bits per heavy atom. The lowest BCUT2D eigenvalue weighted by Gasteiger charge is -2.36. The predicted octanol–water partition coefficient (Wildman–Crippen LogP) is 2.74. The third-order valence-corrected chi connectivity index (χ3v) is 5.15. The summed E-state index contributed by atoms with van der Waals surface area (Å²) in [6, 6.07) is 10.1. The molecule has 1 unspecified atom stereocenters. The molecule has 3 aromatic rings. The molecule has 1 aromatic carbocycles. The van der Waals surface area contributed by atoms with Crippen LogP contribution in [0.5, 0.6) is 0 Å². The Kier molecular flexibility index (Phi) is 5.24. The summed E-state index contributed by atoms with van der Waals surface area (Å²) in [4.78, 5) is 29.0. The third-order valence-electron chi connectivity index (χ3n) is 5.15. The number of carbonyl (C=O) groups excluding carboxylic acids is 1. The molecule has 1 atom stereocenters. The number of amides is 1. The van der Waals surface area contributed by atoms with Gasteiger partial charge in [-0.25, -0.2) is 14.4 Å². The fourth-order valence-corrected chi connectivity index (χ4v) is 3.57. The summed E-state index contributed by atoms with van der Waals surface area (Å²) in [5.41, 5.74) is 4.40. The van der Waals surface area contributed by atoms with Gasteiger partial charge in [-0.2, -0.15) is 0 Å². The highest BCUT2D eigenvalue weighted by molar-refractivity contribution is 5.88. The molecular formula is C21H23FN6O. The fraction of sp³-hybridized carbons (Fsp3) is 0.333. The van der Waals surface area contributed by atoms with Gasteiger partial charge < -0.3 is 15.1 Å². The van der Waals surface area contributed by atoms with Crippen LogP contribution < -0.4 is 10.2 Å². The summed E-state index contributed by atoms with van der Waals surface area (Å²) in [6.07, 6.45) is 1.88. The molecule has 1 aliphatic rings. The van der Waals surface area contributed by atoms with Crippen LogP contribution in [0.25, 0.3) is 22.3 Å². The van der Waals surface area contributed by atoms with Crippen molar-refractivity contribution in [2.45, 2.75) is 13.1 Å². The lowest BCUT2D eigenvalue weighted by atomic mass is 10.1. The number of rotatable bonds is 4. The Labute approximate surface area is 168 Å². The van der Waals surface area contributed by atoms with Crippen molar-refractivity contribution < 1.29 is 9.18 Å². The zero-order chi connectivity index (χ0) is 20.4. The maximum atomic E-state index is 13.2. The number of carbonyl (C=O) groups is 1. The number of fused-ring (bicyclic) bond motifs is 1. The smallest absolute Gasteiger partial charge is 0.256 e. The number of hydrogen-bond donors (Lipinski definition) is 1. The maximum absolute atomic E-state index is 13.2. The average molecular weight is 394 g/mol. The molecule has 1 fully saturated rings. The normalized spacial score (nSPS) is 15.4. The van der Waals surface area contributed by atoms with Crippen molar-refractivity contribution in [2.24, 2.45) is 0 Å². The van der Waals surface area contributed by atoms with E-state index in [-0.39, 0.29) is 0 Å². The number of pyridine rings is 1. The monoisotopic (exact) mass is 394 g/mol. The van der Waals surface area contributed by atoms with E-state index in [0.717, 1.165) is 28.0 Å². The van der Waals surface area contributed by atoms with Crippen LogP contribution in [0.4, 0.5) is 15.9 Å². The molecule has 8 heteroatoms. The zero-order valence-electron chi connectivity index (χ0n) is 16.5. The summed E-state index contributed by atoms with van der Waals surface area (Å²) in [6.45, 7) is 3.73. The molecule has 0 radical (unpaired) electrons. The van der Waals surface area contributed by atoms with Crippen LogP contribution >= 0.6 is 0 Å². The quantitative estimate of drug-likeness (QED) is 0.734. The van der Waals surface area contributed by atoms with Crippen molar-refractivity contribution in [2.75, 3.05) is 43.4 Å². The van der Waals surface area contributed by atoms with Crippen LogP contribution in [0, 0.1) is 0 Å². The standard InChI is InChI=1S/C21H23FN6O/c1-14(22)21(29)28-11-9-27(10-12-28)16-5-3-15(4-6-16)17-13-18-19(20(23-2)26-17)25-8-7-24-18/h3-8,13-14H,9-12H2,1-2H3,(H,23,26). The molecule has 1 saturated heterocycles. The summed E-state index contributed by atoms with van der Waals surface area (Å²) < 4.78 is 13.2. The van der Waals surface area contributed by atoms with Gasteiger partial charge in [-0.1, -0.05) is 12.1 Å². The fourth-order valence-electron chi connectivity index (χ4n) is 3.57. The second-order valence-electron chi connectivity index (χ2n) is 7.01. The second-order valence-corrected chi connectivity index (χ2v) is 7.01. The van der Waals surface area contributed by atoms with Crippen LogP contribution in [0.3, 0.4) is 0 Å². The van der Waals surface area contributed by atoms with Crippen LogP contribution in [-0.2, 0) is 4.79 Å². The van der Waals surface area contributed by atoms with Crippen LogP contribution in [-0.4, -0.2) is 65.2 Å². The minimum Gasteiger partial charge on any atom is -0.371 e. The largest absolute Gasteiger partial charge is 0.371 e. The van der Waals surface area contributed by atoms with Crippen LogP contribution in [0.15, 0.2) is 42.7 Å². The van der Waals surface area contributed by atoms with Gasteiger partial charge in [0, 0.05) is 56.9 Å². The van der Waals surface area contributed by atoms with E-state index in [4.69, 9.17) is 0 Å². The molecule has 0 saturated carbocycles. The number of alkyl halides is 1. The van der Waals surface area contributed by atoms with Crippen LogP contribution in [0.1, 0.15) is 6.92 Å². The molecule has 1 aliphatic heterocycles. The van der Waals surface area contributed by atoms with Crippen molar-refractivity contribution in [3.63, 3.8) is 0 Å². The number of nitrogens with one attached hydrogen (secondary N) is 1. The lowest BCUT2D eigenvalue weighted by Crippen LogP contribution is -2.50. The Morgan fingerprint density at radius 3 is 2.45 bits per heavy atom. The molecule has 3 heterocycles. The number of benzene rings is 1. The van der Waals surface area contributed by atoms with E-state index in [2.05, 4.69) is 25.2 Å². The van der Waals surface area contributed by atoms with Crippen LogP contribution in [0.2, 0.25) is 0 Å². The number of hydrogen-bond acceptors (Lipinski definition) is 6. The summed E-state index contributed by atoms with van der Waals surface area (Å²) in [7, 11) is 1.82. The Balaban J connectivity index is 1.52. The van der Waals surface area contributed by atoms with Gasteiger partial charge in [-0.05, 0) is 25.1 Å². The molecule has 0 aliphatic carbocycles. The van der Waals surface area contributed by atoms with E-state index in [9.17, 15) is 9.18 Å². The first-order valence-electron chi connectivity index (χ1n) is 9.64. The summed E-state index contributed by atoms with van der Waals surface area (Å²) in [5, 5.41) is 3.08. The Hall–Kier alpha value is -3.29. The topological polar surface area (TPSA) is 74.2 Å². The highest BCUT2D eigenvalue weighted by atomic mass is 19.1. The highest BCUT2D eigenvalue weighted by Gasteiger charge is 2.24. The number of aromatic nitrogens is 3. The van der Waals surface area contributed by atoms with Crippen molar-refractivity contribution in [1.29, 1.82) is 0 Å². The molecule has 0 spiro atoms. The van der Waals surface area contributed by atoms with Crippen molar-refractivity contribution in [1.82, 2.24) is 19.9 Å². The van der Waals surface area contributed by atoms with Gasteiger partial charge in [-0.3, -0.25) is 9.78 Å². The highest BCUT2D eigenvalue weighted by Crippen LogP contribution is 2.27. The summed E-state index contributed by atoms with van der Waals surface area (Å²) in [5.74, 6) is 0.267. The van der Waals surface area contributed by atoms with E-state index in [1.165, 1.54) is 6.92 Å². The van der Waals surface area contributed by atoms with Gasteiger partial charge in [0.05, 0.1) is 11.2 Å². The first-order chi connectivity index (χ1) is 14.1. The molecule has 4 rings (SSSR count). The SMILES string of the molecule is CNc1nc(-c2ccc(N3CCN(C(=O)C(C)F)CC3)cc2)cc2nccnc12. The Morgan fingerprint density at radius 1 is 1.10 bits per heavy atom. The Bertz CT molecular complexity index is 1020. The average Bonchev–Trinajstić information content (AvgIpc) is 2.78. The molecule has 7 nitrogen and oxygen atoms in total. The number of nitrogens with zero attached hydrogens (tertiary/aromatic N) is 5. The van der Waals surface area contributed by atoms with E-state index < -0.39 is 12.1 Å². The number of halogens is 1. The van der Waals surface area contributed by atoms with Gasteiger partial charge in [-0.15, -0.1) is 0 Å². The minimum atomic E-state index is -1.44. The first kappa shape index (κ1) is 19.0. The van der Waals surface area contributed by atoms with E-state index >= 15 is 0 Å². The molecule has 150 valence electrons. The summed E-state index contributed by atoms with van der Waals surface area (Å²) >= 11 is 0. The van der Waals surface area contributed by atoms with Crippen molar-refractivity contribution in [3.8, 4) is 11.3 Å². The number of piperazine rings is 1. The van der Waals surface area contributed by atoms with Gasteiger partial charge >= 0.3 is 0 Å². The zero-order valence-corrected chi connectivity index (χ0v) is 16.5. The van der Waals surface area contributed by atoms with E-state index in [0.29, 0.717) is 32.0 Å². The molecule has 2 aromatic heterocycles. The van der Waals surface area contributed by atoms with Crippen molar-refractivity contribution >= 4 is 28.4 Å². The van der Waals surface area contributed by atoms with E-state index in [1.54, 1.807) is 17.3 Å². The number of anilines is 2. The van der Waals surface area contributed by atoms with Gasteiger partial charge in [0.15, 0.2) is 12.0 Å². The predicted molar refractivity (Wildman–Crippen MR) is 112 cm³/mol. The van der Waals surface area contributed by atoms with Crippen molar-refractivity contribution in [3.05, 3.63) is 42.7 Å². The third kappa shape index (κ3) is 3.83. The van der Waals surface area contributed by atoms with Gasteiger partial charge in [0.2, 0.25) is 0 Å². The molecular weight excluding hydrogens is 371 g/mol.